The molecule has 2 heterocycles. The van der Waals surface area contributed by atoms with Gasteiger partial charge >= 0.3 is 0 Å². The molecule has 0 saturated heterocycles. The predicted octanol–water partition coefficient (Wildman–Crippen LogP) is 1.82. The molecular weight excluding hydrogens is 298 g/mol. The molecule has 0 aliphatic carbocycles. The van der Waals surface area contributed by atoms with Crippen molar-refractivity contribution in [3.63, 3.8) is 0 Å². The van der Waals surface area contributed by atoms with Gasteiger partial charge in [-0.3, -0.25) is 9.59 Å². The molecule has 0 radical (unpaired) electrons. The summed E-state index contributed by atoms with van der Waals surface area (Å²) in [5.41, 5.74) is -1.19. The second-order valence-corrected chi connectivity index (χ2v) is 5.13. The summed E-state index contributed by atoms with van der Waals surface area (Å²) in [6.45, 7) is 1.41. The lowest BCUT2D eigenvalue weighted by molar-refractivity contribution is -0.143. The maximum absolute atomic E-state index is 12.6. The Labute approximate surface area is 132 Å². The van der Waals surface area contributed by atoms with E-state index in [2.05, 4.69) is 15.6 Å². The molecule has 0 saturated carbocycles. The van der Waals surface area contributed by atoms with E-state index in [4.69, 9.17) is 9.47 Å². The Balaban J connectivity index is 1.85. The maximum Gasteiger partial charge on any atom is 0.279 e. The van der Waals surface area contributed by atoms with Gasteiger partial charge in [0.25, 0.3) is 17.4 Å². The normalized spacial score (nSPS) is 19.1. The van der Waals surface area contributed by atoms with E-state index in [-0.39, 0.29) is 0 Å². The third-order valence-electron chi connectivity index (χ3n) is 3.51. The van der Waals surface area contributed by atoms with E-state index in [0.717, 1.165) is 0 Å². The molecule has 0 fully saturated rings. The highest BCUT2D eigenvalue weighted by Crippen LogP contribution is 2.32. The van der Waals surface area contributed by atoms with Gasteiger partial charge in [-0.05, 0) is 31.2 Å². The van der Waals surface area contributed by atoms with E-state index in [1.165, 1.54) is 20.2 Å². The highest BCUT2D eigenvalue weighted by Gasteiger charge is 2.47. The fourth-order valence-electron chi connectivity index (χ4n) is 2.16. The largest absolute Gasteiger partial charge is 0.497 e. The van der Waals surface area contributed by atoms with Gasteiger partial charge in [0.1, 0.15) is 5.75 Å². The summed E-state index contributed by atoms with van der Waals surface area (Å²) in [6, 6.07) is 10.1. The quantitative estimate of drug-likeness (QED) is 0.844. The van der Waals surface area contributed by atoms with Crippen LogP contribution in [0, 0.1) is 0 Å². The topological polar surface area (TPSA) is 89.6 Å². The van der Waals surface area contributed by atoms with Gasteiger partial charge in [0, 0.05) is 18.0 Å². The number of aromatic nitrogens is 1. The fraction of sp³-hybridized carbons (Fsp3) is 0.188. The summed E-state index contributed by atoms with van der Waals surface area (Å²) >= 11 is 0. The molecule has 2 N–H and O–H groups in total. The number of rotatable bonds is 3. The van der Waals surface area contributed by atoms with Crippen LogP contribution >= 0.6 is 0 Å². The Kier molecular flexibility index (Phi) is 3.61. The Morgan fingerprint density at radius 1 is 1.35 bits per heavy atom. The zero-order valence-corrected chi connectivity index (χ0v) is 12.6. The van der Waals surface area contributed by atoms with E-state index >= 15 is 0 Å². The van der Waals surface area contributed by atoms with Crippen molar-refractivity contribution in [1.82, 2.24) is 4.98 Å². The van der Waals surface area contributed by atoms with Gasteiger partial charge in [-0.15, -0.1) is 0 Å². The summed E-state index contributed by atoms with van der Waals surface area (Å²) in [5.74, 6) is 0.0675. The van der Waals surface area contributed by atoms with Crippen molar-refractivity contribution in [3.05, 3.63) is 42.6 Å². The maximum atomic E-state index is 12.6. The molecule has 2 aromatic rings. The molecule has 1 aromatic heterocycles. The van der Waals surface area contributed by atoms with Crippen LogP contribution in [0.2, 0.25) is 0 Å². The second kappa shape index (κ2) is 5.60. The first-order chi connectivity index (χ1) is 11.0. The lowest BCUT2D eigenvalue weighted by atomic mass is 10.0. The summed E-state index contributed by atoms with van der Waals surface area (Å²) < 4.78 is 10.7. The first-order valence-electron chi connectivity index (χ1n) is 6.94. The Hall–Kier alpha value is -3.09. The van der Waals surface area contributed by atoms with E-state index in [0.29, 0.717) is 23.0 Å². The SMILES string of the molecule is COc1cccc(NC(=O)[C@]2(C)Oc3cccnc3NC2=O)c1. The monoisotopic (exact) mass is 313 g/mol. The number of carbonyl (C=O) groups excluding carboxylic acids is 2. The molecule has 1 aliphatic heterocycles. The lowest BCUT2D eigenvalue weighted by Gasteiger charge is -2.32. The third kappa shape index (κ3) is 2.68. The first-order valence-corrected chi connectivity index (χ1v) is 6.94. The van der Waals surface area contributed by atoms with Crippen LogP contribution in [0.3, 0.4) is 0 Å². The minimum atomic E-state index is -1.70. The molecule has 7 heteroatoms. The van der Waals surface area contributed by atoms with Gasteiger partial charge in [-0.1, -0.05) is 6.07 Å². The number of fused-ring (bicyclic) bond motifs is 1. The number of nitrogens with zero attached hydrogens (tertiary/aromatic N) is 1. The Morgan fingerprint density at radius 3 is 2.96 bits per heavy atom. The summed E-state index contributed by atoms with van der Waals surface area (Å²) in [5, 5.41) is 5.24. The van der Waals surface area contributed by atoms with Gasteiger partial charge in [0.15, 0.2) is 11.6 Å². The average Bonchev–Trinajstić information content (AvgIpc) is 2.56. The standard InChI is InChI=1S/C16H15N3O4/c1-16(14(20)18-10-5-3-6-11(9-10)22-2)15(21)19-13-12(23-16)7-4-8-17-13/h3-9H,1-2H3,(H,18,20)(H,17,19,21)/t16-/m0/s1. The number of carbonyl (C=O) groups is 2. The molecule has 23 heavy (non-hydrogen) atoms. The number of nitrogens with one attached hydrogen (secondary N) is 2. The van der Waals surface area contributed by atoms with E-state index < -0.39 is 17.4 Å². The minimum Gasteiger partial charge on any atom is -0.497 e. The van der Waals surface area contributed by atoms with Gasteiger partial charge < -0.3 is 20.1 Å². The van der Waals surface area contributed by atoms with Crippen LogP contribution in [-0.4, -0.2) is 29.5 Å². The van der Waals surface area contributed by atoms with Crippen LogP contribution in [0.1, 0.15) is 6.92 Å². The zero-order chi connectivity index (χ0) is 16.4. The van der Waals surface area contributed by atoms with E-state index in [1.54, 1.807) is 36.4 Å². The van der Waals surface area contributed by atoms with Gasteiger partial charge in [0.2, 0.25) is 0 Å². The van der Waals surface area contributed by atoms with Crippen molar-refractivity contribution in [1.29, 1.82) is 0 Å². The molecule has 118 valence electrons. The van der Waals surface area contributed by atoms with Crippen LogP contribution in [0.25, 0.3) is 0 Å². The highest BCUT2D eigenvalue weighted by molar-refractivity contribution is 6.18. The Bertz CT molecular complexity index is 777. The Morgan fingerprint density at radius 2 is 2.17 bits per heavy atom. The first kappa shape index (κ1) is 14.8. The molecular formula is C16H15N3O4. The summed E-state index contributed by atoms with van der Waals surface area (Å²) in [6.07, 6.45) is 1.53. The van der Waals surface area contributed by atoms with Crippen molar-refractivity contribution < 1.29 is 19.1 Å². The smallest absolute Gasteiger partial charge is 0.279 e. The van der Waals surface area contributed by atoms with Crippen LogP contribution < -0.4 is 20.1 Å². The minimum absolute atomic E-state index is 0.296. The summed E-state index contributed by atoms with van der Waals surface area (Å²) in [4.78, 5) is 28.8. The van der Waals surface area contributed by atoms with Crippen molar-refractivity contribution in [2.45, 2.75) is 12.5 Å². The summed E-state index contributed by atoms with van der Waals surface area (Å²) in [7, 11) is 1.53. The average molecular weight is 313 g/mol. The van der Waals surface area contributed by atoms with Crippen LogP contribution in [-0.2, 0) is 9.59 Å². The number of pyridine rings is 1. The van der Waals surface area contributed by atoms with Gasteiger partial charge in [-0.25, -0.2) is 4.98 Å². The molecule has 1 atom stereocenters. The van der Waals surface area contributed by atoms with Gasteiger partial charge in [0.05, 0.1) is 7.11 Å². The third-order valence-corrected chi connectivity index (χ3v) is 3.51. The van der Waals surface area contributed by atoms with Crippen molar-refractivity contribution in [2.75, 3.05) is 17.7 Å². The molecule has 0 unspecified atom stereocenters. The molecule has 1 aliphatic rings. The van der Waals surface area contributed by atoms with Crippen molar-refractivity contribution >= 4 is 23.3 Å². The predicted molar refractivity (Wildman–Crippen MR) is 83.5 cm³/mol. The molecule has 0 spiro atoms. The fourth-order valence-corrected chi connectivity index (χ4v) is 2.16. The number of hydrogen-bond donors (Lipinski definition) is 2. The van der Waals surface area contributed by atoms with Crippen LogP contribution in [0.4, 0.5) is 11.5 Å². The number of benzene rings is 1. The van der Waals surface area contributed by atoms with E-state index in [1.807, 2.05) is 0 Å². The second-order valence-electron chi connectivity index (χ2n) is 5.13. The number of hydrogen-bond acceptors (Lipinski definition) is 5. The highest BCUT2D eigenvalue weighted by atomic mass is 16.5. The molecule has 7 nitrogen and oxygen atoms in total. The number of methoxy groups -OCH3 is 1. The van der Waals surface area contributed by atoms with Crippen molar-refractivity contribution in [2.24, 2.45) is 0 Å². The van der Waals surface area contributed by atoms with Crippen molar-refractivity contribution in [3.8, 4) is 11.5 Å². The van der Waals surface area contributed by atoms with Crippen LogP contribution in [0.5, 0.6) is 11.5 Å². The molecule has 1 aromatic carbocycles. The lowest BCUT2D eigenvalue weighted by Crippen LogP contribution is -2.56. The van der Waals surface area contributed by atoms with Crippen LogP contribution in [0.15, 0.2) is 42.6 Å². The number of amides is 2. The molecule has 0 bridgehead atoms. The molecule has 3 rings (SSSR count). The zero-order valence-electron chi connectivity index (χ0n) is 12.6. The van der Waals surface area contributed by atoms with Gasteiger partial charge in [-0.2, -0.15) is 0 Å². The molecule has 2 amide bonds. The number of ether oxygens (including phenoxy) is 2. The van der Waals surface area contributed by atoms with E-state index in [9.17, 15) is 9.59 Å². The number of anilines is 2.